The van der Waals surface area contributed by atoms with Crippen LogP contribution in [0, 0.1) is 5.41 Å². The van der Waals surface area contributed by atoms with Gasteiger partial charge in [-0.1, -0.05) is 11.6 Å². The van der Waals surface area contributed by atoms with E-state index in [9.17, 15) is 14.7 Å². The lowest BCUT2D eigenvalue weighted by molar-refractivity contribution is 0.0602. The van der Waals surface area contributed by atoms with Gasteiger partial charge in [-0.15, -0.1) is 0 Å². The van der Waals surface area contributed by atoms with Gasteiger partial charge in [0, 0.05) is 38.0 Å². The standard InChI is InChI=1S/C24H28ClN5O5/c1-14(31)15(2)34-18-9-16(22(32)29-21(26)5-6-27-3)10-19(12-18)35-23-20(25)11-17(13-28-23)24(33)30-7-4-8-30/h5-6,9-15,27,31H,4,7-8H2,1-3H3,(H2,26,29,32)/b6-5-/t14-,15-/m0/s1. The molecule has 11 heteroatoms. The third-order valence-corrected chi connectivity index (χ3v) is 5.49. The number of benzene rings is 1. The van der Waals surface area contributed by atoms with Crippen molar-refractivity contribution < 1.29 is 24.2 Å². The molecule has 1 aromatic heterocycles. The average molecular weight is 502 g/mol. The lowest BCUT2D eigenvalue weighted by atomic mass is 10.1. The minimum Gasteiger partial charge on any atom is -0.488 e. The topological polar surface area (TPSA) is 137 Å². The molecular weight excluding hydrogens is 474 g/mol. The number of aliphatic hydroxyl groups is 1. The van der Waals surface area contributed by atoms with Crippen LogP contribution in [0.25, 0.3) is 0 Å². The third-order valence-electron chi connectivity index (χ3n) is 5.22. The summed E-state index contributed by atoms with van der Waals surface area (Å²) in [4.78, 5) is 31.0. The number of halogens is 1. The van der Waals surface area contributed by atoms with Crippen molar-refractivity contribution in [2.45, 2.75) is 32.5 Å². The number of nitrogens with zero attached hydrogens (tertiary/aromatic N) is 2. The number of rotatable bonds is 9. The number of aliphatic hydroxyl groups excluding tert-OH is 1. The maximum Gasteiger partial charge on any atom is 0.257 e. The zero-order valence-corrected chi connectivity index (χ0v) is 20.4. The molecule has 0 radical (unpaired) electrons. The Morgan fingerprint density at radius 1 is 1.20 bits per heavy atom. The number of nitrogens with one attached hydrogen (secondary N) is 3. The smallest absolute Gasteiger partial charge is 0.257 e. The van der Waals surface area contributed by atoms with Gasteiger partial charge in [0.1, 0.15) is 28.5 Å². The van der Waals surface area contributed by atoms with Gasteiger partial charge in [0.25, 0.3) is 11.8 Å². The molecule has 0 aliphatic carbocycles. The van der Waals surface area contributed by atoms with E-state index in [1.807, 2.05) is 0 Å². The van der Waals surface area contributed by atoms with Gasteiger partial charge in [0.2, 0.25) is 5.88 Å². The fourth-order valence-electron chi connectivity index (χ4n) is 2.98. The molecule has 10 nitrogen and oxygen atoms in total. The molecule has 2 heterocycles. The van der Waals surface area contributed by atoms with E-state index in [0.29, 0.717) is 18.7 Å². The quantitative estimate of drug-likeness (QED) is 0.306. The Kier molecular flexibility index (Phi) is 8.67. The number of ether oxygens (including phenoxy) is 2. The maximum atomic E-state index is 12.7. The van der Waals surface area contributed by atoms with E-state index >= 15 is 0 Å². The second kappa shape index (κ2) is 11.7. The Labute approximate surface area is 208 Å². The van der Waals surface area contributed by atoms with Gasteiger partial charge >= 0.3 is 0 Å². The number of carbonyl (C=O) groups excluding carboxylic acids is 2. The molecule has 1 aliphatic rings. The third kappa shape index (κ3) is 6.93. The fourth-order valence-corrected chi connectivity index (χ4v) is 3.18. The molecule has 1 aromatic carbocycles. The Balaban J connectivity index is 1.86. The first-order valence-corrected chi connectivity index (χ1v) is 11.4. The van der Waals surface area contributed by atoms with Crippen molar-refractivity contribution in [1.82, 2.24) is 20.5 Å². The summed E-state index contributed by atoms with van der Waals surface area (Å²) in [6.45, 7) is 4.68. The zero-order chi connectivity index (χ0) is 25.5. The highest BCUT2D eigenvalue weighted by Gasteiger charge is 2.23. The van der Waals surface area contributed by atoms with E-state index < -0.39 is 18.1 Å². The van der Waals surface area contributed by atoms with Gasteiger partial charge in [0.15, 0.2) is 0 Å². The number of hydrogen-bond donors (Lipinski definition) is 4. The summed E-state index contributed by atoms with van der Waals surface area (Å²) < 4.78 is 11.6. The van der Waals surface area contributed by atoms with Gasteiger partial charge < -0.3 is 30.1 Å². The van der Waals surface area contributed by atoms with Crippen LogP contribution in [-0.2, 0) is 0 Å². The van der Waals surface area contributed by atoms with Crippen molar-refractivity contribution >= 4 is 29.3 Å². The SMILES string of the molecule is CN/C=C\C(=N)NC(=O)c1cc(Oc2ncc(C(=O)N3CCC3)cc2Cl)cc(O[C@@H](C)[C@H](C)O)c1. The molecule has 2 amide bonds. The zero-order valence-electron chi connectivity index (χ0n) is 19.7. The lowest BCUT2D eigenvalue weighted by Gasteiger charge is -2.30. The summed E-state index contributed by atoms with van der Waals surface area (Å²) in [5.41, 5.74) is 0.511. The average Bonchev–Trinajstić information content (AvgIpc) is 2.77. The Morgan fingerprint density at radius 2 is 1.91 bits per heavy atom. The molecule has 4 N–H and O–H groups in total. The van der Waals surface area contributed by atoms with Crippen LogP contribution in [0.5, 0.6) is 17.4 Å². The highest BCUT2D eigenvalue weighted by molar-refractivity contribution is 6.32. The number of aromatic nitrogens is 1. The second-order valence-electron chi connectivity index (χ2n) is 8.01. The van der Waals surface area contributed by atoms with Crippen molar-refractivity contribution in [3.63, 3.8) is 0 Å². The van der Waals surface area contributed by atoms with E-state index in [-0.39, 0.29) is 39.7 Å². The number of likely N-dealkylation sites (tertiary alicyclic amines) is 1. The van der Waals surface area contributed by atoms with Crippen LogP contribution >= 0.6 is 11.6 Å². The first kappa shape index (κ1) is 26.0. The summed E-state index contributed by atoms with van der Waals surface area (Å²) >= 11 is 6.33. The maximum absolute atomic E-state index is 12.7. The van der Waals surface area contributed by atoms with E-state index in [4.69, 9.17) is 26.5 Å². The van der Waals surface area contributed by atoms with Crippen LogP contribution in [0.2, 0.25) is 5.02 Å². The predicted octanol–water partition coefficient (Wildman–Crippen LogP) is 2.96. The molecule has 186 valence electrons. The summed E-state index contributed by atoms with van der Waals surface area (Å²) in [5.74, 6) is -0.331. The van der Waals surface area contributed by atoms with E-state index in [1.165, 1.54) is 42.7 Å². The van der Waals surface area contributed by atoms with E-state index in [1.54, 1.807) is 25.8 Å². The molecular formula is C24H28ClN5O5. The molecule has 2 atom stereocenters. The summed E-state index contributed by atoms with van der Waals surface area (Å²) in [6, 6.07) is 5.93. The molecule has 0 unspecified atom stereocenters. The van der Waals surface area contributed by atoms with E-state index in [0.717, 1.165) is 6.42 Å². The molecule has 1 fully saturated rings. The molecule has 1 aliphatic heterocycles. The largest absolute Gasteiger partial charge is 0.488 e. The molecule has 2 aromatic rings. The normalized spacial score (nSPS) is 14.6. The summed E-state index contributed by atoms with van der Waals surface area (Å²) in [6.07, 6.45) is 3.93. The van der Waals surface area contributed by atoms with E-state index in [2.05, 4.69) is 15.6 Å². The molecule has 0 spiro atoms. The Hall–Kier alpha value is -3.63. The van der Waals surface area contributed by atoms with Gasteiger partial charge in [-0.3, -0.25) is 15.0 Å². The first-order valence-electron chi connectivity index (χ1n) is 11.0. The summed E-state index contributed by atoms with van der Waals surface area (Å²) in [7, 11) is 1.67. The van der Waals surface area contributed by atoms with Gasteiger partial charge in [0.05, 0.1) is 11.7 Å². The minimum atomic E-state index is -0.760. The van der Waals surface area contributed by atoms with Crippen molar-refractivity contribution in [3.05, 3.63) is 58.9 Å². The van der Waals surface area contributed by atoms with Crippen LogP contribution in [0.4, 0.5) is 0 Å². The molecule has 3 rings (SSSR count). The number of amidine groups is 1. The second-order valence-corrected chi connectivity index (χ2v) is 8.41. The van der Waals surface area contributed by atoms with Crippen molar-refractivity contribution in [2.24, 2.45) is 0 Å². The number of carbonyl (C=O) groups is 2. The van der Waals surface area contributed by atoms with Gasteiger partial charge in [-0.25, -0.2) is 4.98 Å². The summed E-state index contributed by atoms with van der Waals surface area (Å²) in [5, 5.41) is 23.0. The lowest BCUT2D eigenvalue weighted by Crippen LogP contribution is -2.42. The van der Waals surface area contributed by atoms with Gasteiger partial charge in [-0.05, 0) is 50.7 Å². The predicted molar refractivity (Wildman–Crippen MR) is 131 cm³/mol. The molecule has 0 bridgehead atoms. The number of amides is 2. The van der Waals surface area contributed by atoms with Crippen molar-refractivity contribution in [1.29, 1.82) is 5.41 Å². The highest BCUT2D eigenvalue weighted by Crippen LogP contribution is 2.32. The van der Waals surface area contributed by atoms with Crippen LogP contribution in [0.3, 0.4) is 0 Å². The van der Waals surface area contributed by atoms with Crippen LogP contribution < -0.4 is 20.1 Å². The highest BCUT2D eigenvalue weighted by atomic mass is 35.5. The molecule has 35 heavy (non-hydrogen) atoms. The Morgan fingerprint density at radius 3 is 2.51 bits per heavy atom. The van der Waals surface area contributed by atoms with Crippen LogP contribution in [0.1, 0.15) is 41.0 Å². The van der Waals surface area contributed by atoms with Crippen LogP contribution in [-0.4, -0.2) is 65.0 Å². The molecule has 1 saturated heterocycles. The first-order chi connectivity index (χ1) is 16.7. The van der Waals surface area contributed by atoms with Crippen molar-refractivity contribution in [3.8, 4) is 17.4 Å². The van der Waals surface area contributed by atoms with Crippen molar-refractivity contribution in [2.75, 3.05) is 20.1 Å². The molecule has 0 saturated carbocycles. The van der Waals surface area contributed by atoms with Crippen LogP contribution in [0.15, 0.2) is 42.7 Å². The van der Waals surface area contributed by atoms with Gasteiger partial charge in [-0.2, -0.15) is 0 Å². The fraction of sp³-hybridized carbons (Fsp3) is 0.333. The minimum absolute atomic E-state index is 0.0450. The number of hydrogen-bond acceptors (Lipinski definition) is 8. The number of pyridine rings is 1. The Bertz CT molecular complexity index is 1130. The monoisotopic (exact) mass is 501 g/mol.